The summed E-state index contributed by atoms with van der Waals surface area (Å²) in [6.07, 6.45) is 8.42. The average molecular weight is 220 g/mol. The maximum absolute atomic E-state index is 4.28. The molecule has 16 heavy (non-hydrogen) atoms. The van der Waals surface area contributed by atoms with Gasteiger partial charge in [0.25, 0.3) is 0 Å². The van der Waals surface area contributed by atoms with E-state index in [2.05, 4.69) is 26.3 Å². The number of rotatable bonds is 6. The number of hydrogen-bond acceptors (Lipinski definition) is 3. The van der Waals surface area contributed by atoms with Crippen LogP contribution in [-0.2, 0) is 6.54 Å². The number of hydrogen-bond donors (Lipinski definition) is 1. The number of nitrogens with zero attached hydrogens (tertiary/aromatic N) is 3. The molecular weight excluding hydrogens is 200 g/mol. The van der Waals surface area contributed by atoms with Crippen molar-refractivity contribution in [3.05, 3.63) is 25.0 Å². The topological polar surface area (TPSA) is 33.1 Å². The Kier molecular flexibility index (Phi) is 3.99. The second-order valence-corrected chi connectivity index (χ2v) is 4.16. The summed E-state index contributed by atoms with van der Waals surface area (Å²) >= 11 is 0. The Balaban J connectivity index is 1.83. The fourth-order valence-corrected chi connectivity index (χ4v) is 2.08. The number of aromatic nitrogens is 2. The van der Waals surface area contributed by atoms with Gasteiger partial charge in [-0.25, -0.2) is 4.98 Å². The summed E-state index contributed by atoms with van der Waals surface area (Å²) < 4.78 is 2.17. The van der Waals surface area contributed by atoms with Crippen molar-refractivity contribution < 1.29 is 0 Å². The third kappa shape index (κ3) is 2.85. The maximum Gasteiger partial charge on any atom is 0.203 e. The van der Waals surface area contributed by atoms with Gasteiger partial charge in [-0.1, -0.05) is 6.08 Å². The van der Waals surface area contributed by atoms with Gasteiger partial charge in [0.05, 0.1) is 0 Å². The molecular formula is C12H20N4. The van der Waals surface area contributed by atoms with Gasteiger partial charge in [-0.3, -0.25) is 0 Å². The van der Waals surface area contributed by atoms with Crippen molar-refractivity contribution in [1.82, 2.24) is 14.5 Å². The Hall–Kier alpha value is -1.29. The lowest BCUT2D eigenvalue weighted by atomic mass is 10.4. The van der Waals surface area contributed by atoms with E-state index in [9.17, 15) is 0 Å². The maximum atomic E-state index is 4.28. The van der Waals surface area contributed by atoms with Crippen molar-refractivity contribution in [3.63, 3.8) is 0 Å². The van der Waals surface area contributed by atoms with Crippen LogP contribution in [0.25, 0.3) is 0 Å². The highest BCUT2D eigenvalue weighted by Gasteiger charge is 2.11. The quantitative estimate of drug-likeness (QED) is 0.739. The van der Waals surface area contributed by atoms with Crippen LogP contribution >= 0.6 is 0 Å². The second-order valence-electron chi connectivity index (χ2n) is 4.16. The highest BCUT2D eigenvalue weighted by molar-refractivity contribution is 5.26. The van der Waals surface area contributed by atoms with Crippen LogP contribution in [0.5, 0.6) is 0 Å². The van der Waals surface area contributed by atoms with E-state index in [1.807, 2.05) is 18.5 Å². The number of nitrogens with one attached hydrogen (secondary N) is 1. The zero-order valence-electron chi connectivity index (χ0n) is 9.73. The molecule has 0 atom stereocenters. The fraction of sp³-hybridized carbons (Fsp3) is 0.583. The molecule has 0 aromatic carbocycles. The van der Waals surface area contributed by atoms with E-state index in [0.717, 1.165) is 25.6 Å². The molecule has 4 nitrogen and oxygen atoms in total. The van der Waals surface area contributed by atoms with Gasteiger partial charge in [-0.15, -0.1) is 6.58 Å². The highest BCUT2D eigenvalue weighted by atomic mass is 15.2. The number of imidazole rings is 1. The second kappa shape index (κ2) is 5.70. The molecule has 0 unspecified atom stereocenters. The number of anilines is 1. The summed E-state index contributed by atoms with van der Waals surface area (Å²) in [5.41, 5.74) is 0. The van der Waals surface area contributed by atoms with Crippen LogP contribution in [0, 0.1) is 0 Å². The van der Waals surface area contributed by atoms with Gasteiger partial charge in [0, 0.05) is 32.0 Å². The zero-order chi connectivity index (χ0) is 11.2. The van der Waals surface area contributed by atoms with Gasteiger partial charge >= 0.3 is 0 Å². The minimum absolute atomic E-state index is 0.765. The first kappa shape index (κ1) is 11.2. The Morgan fingerprint density at radius 1 is 1.38 bits per heavy atom. The molecule has 1 saturated heterocycles. The molecule has 0 amide bonds. The summed E-state index contributed by atoms with van der Waals surface area (Å²) in [7, 11) is 0. The molecule has 1 aromatic rings. The van der Waals surface area contributed by atoms with E-state index in [-0.39, 0.29) is 0 Å². The third-order valence-electron chi connectivity index (χ3n) is 2.98. The normalized spacial score (nSPS) is 16.5. The molecule has 4 heteroatoms. The molecule has 0 aliphatic carbocycles. The SMILES string of the molecule is C=CCNc1nccn1CCN1CCCC1. The van der Waals surface area contributed by atoms with Crippen molar-refractivity contribution in [2.45, 2.75) is 19.4 Å². The van der Waals surface area contributed by atoms with Crippen molar-refractivity contribution in [2.75, 3.05) is 31.5 Å². The van der Waals surface area contributed by atoms with Crippen LogP contribution < -0.4 is 5.32 Å². The Bertz CT molecular complexity index is 326. The van der Waals surface area contributed by atoms with Gasteiger partial charge in [-0.2, -0.15) is 0 Å². The first-order chi connectivity index (χ1) is 7.90. The summed E-state index contributed by atoms with van der Waals surface area (Å²) in [6, 6.07) is 0. The van der Waals surface area contributed by atoms with Gasteiger partial charge in [0.2, 0.25) is 5.95 Å². The molecule has 0 saturated carbocycles. The monoisotopic (exact) mass is 220 g/mol. The molecule has 2 rings (SSSR count). The Labute approximate surface area is 97.0 Å². The van der Waals surface area contributed by atoms with Gasteiger partial charge < -0.3 is 14.8 Å². The van der Waals surface area contributed by atoms with Crippen LogP contribution in [0.4, 0.5) is 5.95 Å². The van der Waals surface area contributed by atoms with Crippen LogP contribution in [0.3, 0.4) is 0 Å². The van der Waals surface area contributed by atoms with Crippen molar-refractivity contribution >= 4 is 5.95 Å². The minimum Gasteiger partial charge on any atom is -0.352 e. The fourth-order valence-electron chi connectivity index (χ4n) is 2.08. The van der Waals surface area contributed by atoms with Crippen LogP contribution in [-0.4, -0.2) is 40.6 Å². The van der Waals surface area contributed by atoms with E-state index in [0.29, 0.717) is 0 Å². The smallest absolute Gasteiger partial charge is 0.203 e. The lowest BCUT2D eigenvalue weighted by Crippen LogP contribution is -2.24. The van der Waals surface area contributed by atoms with Crippen molar-refractivity contribution in [1.29, 1.82) is 0 Å². The molecule has 1 aromatic heterocycles. The van der Waals surface area contributed by atoms with Crippen molar-refractivity contribution in [2.24, 2.45) is 0 Å². The largest absolute Gasteiger partial charge is 0.352 e. The van der Waals surface area contributed by atoms with Crippen LogP contribution in [0.15, 0.2) is 25.0 Å². The van der Waals surface area contributed by atoms with Crippen molar-refractivity contribution in [3.8, 4) is 0 Å². The van der Waals surface area contributed by atoms with Crippen LogP contribution in [0.2, 0.25) is 0 Å². The molecule has 1 aliphatic rings. The van der Waals surface area contributed by atoms with E-state index >= 15 is 0 Å². The zero-order valence-corrected chi connectivity index (χ0v) is 9.73. The molecule has 88 valence electrons. The highest BCUT2D eigenvalue weighted by Crippen LogP contribution is 2.09. The van der Waals surface area contributed by atoms with Gasteiger partial charge in [-0.05, 0) is 25.9 Å². The predicted molar refractivity (Wildman–Crippen MR) is 66.6 cm³/mol. The Morgan fingerprint density at radius 3 is 2.94 bits per heavy atom. The molecule has 1 aliphatic heterocycles. The molecule has 1 N–H and O–H groups in total. The Morgan fingerprint density at radius 2 is 2.19 bits per heavy atom. The first-order valence-electron chi connectivity index (χ1n) is 5.98. The molecule has 0 radical (unpaired) electrons. The molecule has 0 spiro atoms. The van der Waals surface area contributed by atoms with E-state index in [4.69, 9.17) is 0 Å². The average Bonchev–Trinajstić information content (AvgIpc) is 2.94. The minimum atomic E-state index is 0.765. The van der Waals surface area contributed by atoms with E-state index in [1.54, 1.807) is 0 Å². The molecule has 1 fully saturated rings. The summed E-state index contributed by atoms with van der Waals surface area (Å²) in [4.78, 5) is 6.80. The standard InChI is InChI=1S/C12H20N4/c1-2-5-13-12-14-6-9-16(12)11-10-15-7-3-4-8-15/h2,6,9H,1,3-5,7-8,10-11H2,(H,13,14). The van der Waals surface area contributed by atoms with Gasteiger partial charge in [0.15, 0.2) is 0 Å². The van der Waals surface area contributed by atoms with E-state index in [1.165, 1.54) is 25.9 Å². The summed E-state index contributed by atoms with van der Waals surface area (Å²) in [5, 5.41) is 3.23. The first-order valence-corrected chi connectivity index (χ1v) is 5.98. The summed E-state index contributed by atoms with van der Waals surface area (Å²) in [6.45, 7) is 9.10. The van der Waals surface area contributed by atoms with E-state index < -0.39 is 0 Å². The third-order valence-corrected chi connectivity index (χ3v) is 2.98. The lowest BCUT2D eigenvalue weighted by molar-refractivity contribution is 0.323. The molecule has 0 bridgehead atoms. The number of likely N-dealkylation sites (tertiary alicyclic amines) is 1. The van der Waals surface area contributed by atoms with Crippen LogP contribution in [0.1, 0.15) is 12.8 Å². The molecule has 2 heterocycles. The predicted octanol–water partition coefficient (Wildman–Crippen LogP) is 1.58. The van der Waals surface area contributed by atoms with Gasteiger partial charge in [0.1, 0.15) is 0 Å². The summed E-state index contributed by atoms with van der Waals surface area (Å²) in [5.74, 6) is 0.944. The lowest BCUT2D eigenvalue weighted by Gasteiger charge is -2.15.